The molecule has 0 amide bonds. The van der Waals surface area contributed by atoms with Gasteiger partial charge in [0.1, 0.15) is 6.23 Å². The Bertz CT molecular complexity index is 1210. The van der Waals surface area contributed by atoms with Gasteiger partial charge >= 0.3 is 15.9 Å². The number of hydrazine groups is 1. The second-order valence-electron chi connectivity index (χ2n) is 12.0. The molecular weight excluding hydrogens is 525 g/mol. The van der Waals surface area contributed by atoms with Crippen LogP contribution in [-0.4, -0.2) is 52.0 Å². The second-order valence-corrected chi connectivity index (χ2v) is 13.2. The Balaban J connectivity index is 1.32. The lowest BCUT2D eigenvalue weighted by atomic mass is 9.60. The van der Waals surface area contributed by atoms with Crippen molar-refractivity contribution >= 4 is 38.9 Å². The third-order valence-corrected chi connectivity index (χ3v) is 10.4. The molecule has 6 rings (SSSR count). The highest BCUT2D eigenvalue weighted by atomic mass is 35.5. The maximum absolute atomic E-state index is 11.8. The molecule has 2 aromatic rings. The molecule has 207 valence electrons. The highest BCUT2D eigenvalue weighted by molar-refractivity contribution is 6.30. The summed E-state index contributed by atoms with van der Waals surface area (Å²) in [7, 11) is 0. The Labute approximate surface area is 244 Å². The number of nitrogens with one attached hydrogen (secondary N) is 1. The van der Waals surface area contributed by atoms with E-state index in [1.165, 1.54) is 16.9 Å². The van der Waals surface area contributed by atoms with Crippen LogP contribution >= 0.6 is 11.6 Å². The van der Waals surface area contributed by atoms with Crippen LogP contribution in [0.1, 0.15) is 58.9 Å². The summed E-state index contributed by atoms with van der Waals surface area (Å²) in [6.07, 6.45) is 5.97. The predicted octanol–water partition coefficient (Wildman–Crippen LogP) is 5.81. The van der Waals surface area contributed by atoms with Crippen LogP contribution in [0.3, 0.4) is 0 Å². The van der Waals surface area contributed by atoms with Gasteiger partial charge in [0.2, 0.25) is 0 Å². The van der Waals surface area contributed by atoms with Crippen molar-refractivity contribution in [3.63, 3.8) is 0 Å². The number of fused-ring (bicyclic) bond motifs is 4. The standard InChI is InChI=1S/C31H40ClN3O3.Al/c1-5-7-16-34-24-15-14-19(32)17-22(24)31(3,4)25(34)18-21-28(36)27(29(21)37)26-23(11-6-2)33-35(30(26)38)20-12-9-8-10-13-20;/h8-10,12-15,17-18,21,23,26-30,33,36H,5-7,11,16H2,1-4H3;/q-2;+2. The number of aliphatic hydroxyl groups excluding tert-OH is 1. The van der Waals surface area contributed by atoms with Gasteiger partial charge in [0.25, 0.3) is 0 Å². The molecule has 6 nitrogen and oxygen atoms in total. The first kappa shape index (κ1) is 27.6. The molecular formula is C31H40AlClN3O3. The Kier molecular flexibility index (Phi) is 7.80. The van der Waals surface area contributed by atoms with Gasteiger partial charge in [-0.15, -0.1) is 0 Å². The minimum absolute atomic E-state index is 0.0232. The molecule has 39 heavy (non-hydrogen) atoms. The zero-order valence-electron chi connectivity index (χ0n) is 23.4. The summed E-state index contributed by atoms with van der Waals surface area (Å²) in [6, 6.07) is 16.9. The average Bonchev–Trinajstić information content (AvgIpc) is 3.29. The topological polar surface area (TPSA) is 57.2 Å². The van der Waals surface area contributed by atoms with Gasteiger partial charge in [-0.1, -0.05) is 76.4 Å². The summed E-state index contributed by atoms with van der Waals surface area (Å²) in [5.41, 5.74) is 8.36. The summed E-state index contributed by atoms with van der Waals surface area (Å²) in [4.78, 5) is 2.45. The molecule has 8 heteroatoms. The van der Waals surface area contributed by atoms with E-state index in [0.717, 1.165) is 42.9 Å². The van der Waals surface area contributed by atoms with E-state index in [4.69, 9.17) is 19.2 Å². The predicted molar refractivity (Wildman–Crippen MR) is 158 cm³/mol. The third kappa shape index (κ3) is 4.65. The largest absolute Gasteiger partial charge is 0.670 e. The number of para-hydroxylation sites is 1. The van der Waals surface area contributed by atoms with Crippen LogP contribution in [0.15, 0.2) is 60.3 Å². The number of aliphatic hydroxyl groups is 1. The maximum atomic E-state index is 11.8. The number of anilines is 2. The normalized spacial score (nSPS) is 33.7. The van der Waals surface area contributed by atoms with Crippen LogP contribution in [0.4, 0.5) is 11.4 Å². The van der Waals surface area contributed by atoms with Crippen LogP contribution in [-0.2, 0) is 13.0 Å². The van der Waals surface area contributed by atoms with E-state index in [2.05, 4.69) is 85.5 Å². The fourth-order valence-corrected chi connectivity index (χ4v) is 8.46. The number of rotatable bonds is 7. The van der Waals surface area contributed by atoms with Gasteiger partial charge in [0.15, 0.2) is 0 Å². The molecule has 0 bridgehead atoms. The first-order valence-electron chi connectivity index (χ1n) is 14.6. The van der Waals surface area contributed by atoms with Crippen molar-refractivity contribution in [2.24, 2.45) is 17.8 Å². The number of hydrogen-bond acceptors (Lipinski definition) is 6. The molecule has 7 unspecified atom stereocenters. The highest BCUT2D eigenvalue weighted by Gasteiger charge is 2.61. The fourth-order valence-electron chi connectivity index (χ4n) is 7.32. The van der Waals surface area contributed by atoms with Crippen molar-refractivity contribution in [3.8, 4) is 0 Å². The zero-order chi connectivity index (χ0) is 27.3. The first-order chi connectivity index (χ1) is 18.9. The quantitative estimate of drug-likeness (QED) is 0.414. The van der Waals surface area contributed by atoms with E-state index in [-0.39, 0.29) is 41.5 Å². The molecule has 4 aliphatic rings. The van der Waals surface area contributed by atoms with Crippen LogP contribution in [0.5, 0.6) is 0 Å². The van der Waals surface area contributed by atoms with Crippen molar-refractivity contribution in [1.82, 2.24) is 5.43 Å². The minimum Gasteiger partial charge on any atom is -0.480 e. The van der Waals surface area contributed by atoms with Gasteiger partial charge in [-0.2, -0.15) is 0 Å². The van der Waals surface area contributed by atoms with Gasteiger partial charge in [-0.05, 0) is 48.7 Å². The number of benzene rings is 2. The van der Waals surface area contributed by atoms with E-state index in [1.54, 1.807) is 0 Å². The Morgan fingerprint density at radius 1 is 1.08 bits per heavy atom. The first-order valence-corrected chi connectivity index (χ1v) is 15.9. The van der Waals surface area contributed by atoms with Gasteiger partial charge < -0.3 is 17.6 Å². The van der Waals surface area contributed by atoms with E-state index in [1.807, 2.05) is 12.1 Å². The number of hydrogen-bond donors (Lipinski definition) is 2. The van der Waals surface area contributed by atoms with Crippen molar-refractivity contribution in [2.45, 2.75) is 83.3 Å². The van der Waals surface area contributed by atoms with Gasteiger partial charge in [0.05, 0.1) is 11.8 Å². The van der Waals surface area contributed by atoms with E-state index in [9.17, 15) is 5.11 Å². The SMILES string of the molecule is CCCCN1C(=CC2C(O)C3C2[O][Al][O]C2C3C(CCC)NN2c2ccccc2)C(C)(C)c2cc(Cl)ccc21. The molecule has 2 saturated heterocycles. The average molecular weight is 565 g/mol. The van der Waals surface area contributed by atoms with E-state index in [0.29, 0.717) is 0 Å². The van der Waals surface area contributed by atoms with Crippen molar-refractivity contribution in [2.75, 3.05) is 16.5 Å². The van der Waals surface area contributed by atoms with Crippen LogP contribution < -0.4 is 15.3 Å². The minimum atomic E-state index is -0.649. The summed E-state index contributed by atoms with van der Waals surface area (Å²) < 4.78 is 13.0. The number of unbranched alkanes of at least 4 members (excludes halogenated alkanes) is 1. The summed E-state index contributed by atoms with van der Waals surface area (Å²) in [6.45, 7) is 9.95. The third-order valence-electron chi connectivity index (χ3n) is 9.33. The van der Waals surface area contributed by atoms with E-state index < -0.39 is 22.0 Å². The number of nitrogens with zero attached hydrogens (tertiary/aromatic N) is 2. The molecule has 2 N–H and O–H groups in total. The smallest absolute Gasteiger partial charge is 0.480 e. The van der Waals surface area contributed by atoms with Gasteiger partial charge in [0, 0.05) is 58.3 Å². The van der Waals surface area contributed by atoms with Crippen LogP contribution in [0.25, 0.3) is 0 Å². The highest BCUT2D eigenvalue weighted by Crippen LogP contribution is 2.54. The fraction of sp³-hybridized carbons (Fsp3) is 0.548. The maximum Gasteiger partial charge on any atom is 0.670 e. The second kappa shape index (κ2) is 11.0. The monoisotopic (exact) mass is 564 g/mol. The molecule has 0 aromatic heterocycles. The van der Waals surface area contributed by atoms with Crippen LogP contribution in [0.2, 0.25) is 5.02 Å². The summed E-state index contributed by atoms with van der Waals surface area (Å²) >= 11 is 5.81. The van der Waals surface area contributed by atoms with Crippen molar-refractivity contribution in [3.05, 3.63) is 70.9 Å². The molecule has 3 fully saturated rings. The van der Waals surface area contributed by atoms with E-state index >= 15 is 0 Å². The number of allylic oxidation sites excluding steroid dienone is 1. The Hall–Kier alpha value is -1.56. The van der Waals surface area contributed by atoms with Gasteiger partial charge in [-0.25, -0.2) is 5.43 Å². The lowest BCUT2D eigenvalue weighted by Gasteiger charge is -2.52. The van der Waals surface area contributed by atoms with Crippen LogP contribution in [0, 0.1) is 17.8 Å². The molecule has 7 atom stereocenters. The van der Waals surface area contributed by atoms with Crippen molar-refractivity contribution in [1.29, 1.82) is 0 Å². The number of halogens is 1. The molecule has 1 aliphatic carbocycles. The lowest BCUT2D eigenvalue weighted by molar-refractivity contribution is -0.141. The summed E-state index contributed by atoms with van der Waals surface area (Å²) in [5, 5.41) is 14.8. The molecule has 0 spiro atoms. The molecule has 3 heterocycles. The Morgan fingerprint density at radius 2 is 1.87 bits per heavy atom. The molecule has 1 saturated carbocycles. The summed E-state index contributed by atoms with van der Waals surface area (Å²) in [5.74, 6) is 0.106. The zero-order valence-corrected chi connectivity index (χ0v) is 25.3. The Morgan fingerprint density at radius 3 is 2.62 bits per heavy atom. The van der Waals surface area contributed by atoms with Gasteiger partial charge in [-0.3, -0.25) is 5.01 Å². The molecule has 1 radical (unpaired) electrons. The van der Waals surface area contributed by atoms with Crippen molar-refractivity contribution < 1.29 is 12.7 Å². The molecule has 2 aromatic carbocycles. The lowest BCUT2D eigenvalue weighted by Crippen LogP contribution is -2.61. The molecule has 3 aliphatic heterocycles.